The van der Waals surface area contributed by atoms with Gasteiger partial charge < -0.3 is 14.1 Å². The molecule has 0 aliphatic rings. The summed E-state index contributed by atoms with van der Waals surface area (Å²) in [5.41, 5.74) is 6.06. The van der Waals surface area contributed by atoms with E-state index in [0.717, 1.165) is 22.0 Å². The van der Waals surface area contributed by atoms with Gasteiger partial charge in [-0.3, -0.25) is 4.79 Å². The first-order valence-corrected chi connectivity index (χ1v) is 10.5. The van der Waals surface area contributed by atoms with Gasteiger partial charge in [0.05, 0.1) is 12.5 Å². The molecule has 166 valence electrons. The van der Waals surface area contributed by atoms with Gasteiger partial charge in [-0.2, -0.15) is 5.10 Å². The zero-order chi connectivity index (χ0) is 23.3. The fraction of sp³-hybridized carbons (Fsp3) is 0. The molecule has 7 heteroatoms. The van der Waals surface area contributed by atoms with Crippen LogP contribution in [0.25, 0.3) is 22.0 Å². The van der Waals surface area contributed by atoms with E-state index in [0.29, 0.717) is 11.3 Å². The van der Waals surface area contributed by atoms with Crippen LogP contribution in [0.3, 0.4) is 0 Å². The van der Waals surface area contributed by atoms with Crippen molar-refractivity contribution in [3.8, 4) is 16.9 Å². The van der Waals surface area contributed by atoms with Crippen LogP contribution in [0.4, 0.5) is 0 Å². The number of ether oxygens (including phenoxy) is 1. The Morgan fingerprint density at radius 1 is 0.882 bits per heavy atom. The van der Waals surface area contributed by atoms with Crippen molar-refractivity contribution >= 4 is 29.0 Å². The summed E-state index contributed by atoms with van der Waals surface area (Å²) in [5.74, 6) is -0.637. The number of amides is 1. The first kappa shape index (κ1) is 21.0. The number of para-hydroxylation sites is 2. The van der Waals surface area contributed by atoms with Gasteiger partial charge in [0.25, 0.3) is 5.91 Å². The van der Waals surface area contributed by atoms with Gasteiger partial charge in [0, 0.05) is 22.0 Å². The molecule has 0 bridgehead atoms. The van der Waals surface area contributed by atoms with Gasteiger partial charge in [0.2, 0.25) is 5.76 Å². The molecule has 1 amide bonds. The molecule has 3 aromatic carbocycles. The minimum absolute atomic E-state index is 0.0901. The van der Waals surface area contributed by atoms with Gasteiger partial charge in [0.1, 0.15) is 11.4 Å². The lowest BCUT2D eigenvalue weighted by Gasteiger charge is -2.06. The molecule has 2 aromatic heterocycles. The minimum atomic E-state index is -0.625. The molecular weight excluding hydrogens is 430 g/mol. The molecular formula is C27H19N3O4. The summed E-state index contributed by atoms with van der Waals surface area (Å²) in [5, 5.41) is 5.04. The van der Waals surface area contributed by atoms with Crippen LogP contribution in [0, 0.1) is 0 Å². The maximum atomic E-state index is 13.1. The summed E-state index contributed by atoms with van der Waals surface area (Å²) in [6.45, 7) is 0. The van der Waals surface area contributed by atoms with E-state index in [9.17, 15) is 9.59 Å². The van der Waals surface area contributed by atoms with Gasteiger partial charge in [-0.1, -0.05) is 60.7 Å². The van der Waals surface area contributed by atoms with Crippen LogP contribution in [0.15, 0.2) is 107 Å². The highest BCUT2D eigenvalue weighted by molar-refractivity contribution is 6.09. The Morgan fingerprint density at radius 2 is 1.65 bits per heavy atom. The standard InChI is InChI=1S/C27H19N3O4/c31-26(25-24(18-9-2-1-3-10-18)20-12-5-6-13-21(20)29-25)30-28-17-19-11-4-7-14-22(19)34-27(32)23-15-8-16-33-23/h1-17,29H,(H,30,31). The second-order valence-electron chi connectivity index (χ2n) is 7.39. The zero-order valence-electron chi connectivity index (χ0n) is 17.9. The highest BCUT2D eigenvalue weighted by Gasteiger charge is 2.19. The van der Waals surface area contributed by atoms with Gasteiger partial charge >= 0.3 is 5.97 Å². The lowest BCUT2D eigenvalue weighted by molar-refractivity contribution is 0.0701. The molecule has 7 nitrogen and oxygen atoms in total. The zero-order valence-corrected chi connectivity index (χ0v) is 17.9. The first-order valence-electron chi connectivity index (χ1n) is 10.5. The molecule has 2 heterocycles. The van der Waals surface area contributed by atoms with E-state index in [4.69, 9.17) is 9.15 Å². The molecule has 5 aromatic rings. The molecule has 0 fully saturated rings. The van der Waals surface area contributed by atoms with Gasteiger partial charge in [-0.15, -0.1) is 0 Å². The van der Waals surface area contributed by atoms with Crippen LogP contribution in [0.1, 0.15) is 26.6 Å². The van der Waals surface area contributed by atoms with Crippen molar-refractivity contribution in [2.45, 2.75) is 0 Å². The van der Waals surface area contributed by atoms with Gasteiger partial charge in [-0.05, 0) is 35.9 Å². The Morgan fingerprint density at radius 3 is 2.47 bits per heavy atom. The quantitative estimate of drug-likeness (QED) is 0.157. The number of rotatable bonds is 6. The minimum Gasteiger partial charge on any atom is -0.457 e. The van der Waals surface area contributed by atoms with E-state index in [1.54, 1.807) is 30.3 Å². The van der Waals surface area contributed by atoms with Gasteiger partial charge in [0.15, 0.2) is 0 Å². The molecule has 0 aliphatic carbocycles. The number of nitrogens with zero attached hydrogens (tertiary/aromatic N) is 1. The molecule has 0 unspecified atom stereocenters. The maximum Gasteiger partial charge on any atom is 0.379 e. The van der Waals surface area contributed by atoms with Crippen LogP contribution in [0.2, 0.25) is 0 Å². The predicted molar refractivity (Wildman–Crippen MR) is 129 cm³/mol. The Hall–Kier alpha value is -4.91. The lowest BCUT2D eigenvalue weighted by atomic mass is 10.0. The monoisotopic (exact) mass is 449 g/mol. The van der Waals surface area contributed by atoms with Crippen LogP contribution in [-0.2, 0) is 0 Å². The van der Waals surface area contributed by atoms with Crippen LogP contribution in [-0.4, -0.2) is 23.1 Å². The molecule has 0 atom stereocenters. The number of hydrazone groups is 1. The van der Waals surface area contributed by atoms with Crippen molar-refractivity contribution in [2.24, 2.45) is 5.10 Å². The molecule has 2 N–H and O–H groups in total. The van der Waals surface area contributed by atoms with E-state index < -0.39 is 11.9 Å². The third-order valence-corrected chi connectivity index (χ3v) is 5.21. The molecule has 0 radical (unpaired) electrons. The summed E-state index contributed by atoms with van der Waals surface area (Å²) in [6, 6.07) is 27.4. The number of benzene rings is 3. The van der Waals surface area contributed by atoms with Crippen molar-refractivity contribution in [2.75, 3.05) is 0 Å². The van der Waals surface area contributed by atoms with Crippen LogP contribution in [0.5, 0.6) is 5.75 Å². The number of carbonyl (C=O) groups excluding carboxylic acids is 2. The predicted octanol–water partition coefficient (Wildman–Crippen LogP) is 5.41. The third-order valence-electron chi connectivity index (χ3n) is 5.21. The maximum absolute atomic E-state index is 13.1. The number of H-pyrrole nitrogens is 1. The normalized spacial score (nSPS) is 11.1. The van der Waals surface area contributed by atoms with E-state index >= 15 is 0 Å². The van der Waals surface area contributed by atoms with Crippen molar-refractivity contribution in [1.82, 2.24) is 10.4 Å². The number of aromatic amines is 1. The molecule has 0 saturated heterocycles. The molecule has 34 heavy (non-hydrogen) atoms. The molecule has 0 saturated carbocycles. The molecule has 5 rings (SSSR count). The van der Waals surface area contributed by atoms with Gasteiger partial charge in [-0.25, -0.2) is 10.2 Å². The SMILES string of the molecule is O=C(Oc1ccccc1C=NNC(=O)c1[nH]c2ccccc2c1-c1ccccc1)c1ccco1. The smallest absolute Gasteiger partial charge is 0.379 e. The van der Waals surface area contributed by atoms with Crippen molar-refractivity contribution in [3.63, 3.8) is 0 Å². The second kappa shape index (κ2) is 9.30. The first-order chi connectivity index (χ1) is 16.7. The van der Waals surface area contributed by atoms with Crippen LogP contribution < -0.4 is 10.2 Å². The Kier molecular flexibility index (Phi) is 5.73. The van der Waals surface area contributed by atoms with E-state index in [-0.39, 0.29) is 11.5 Å². The Bertz CT molecular complexity index is 1490. The fourth-order valence-electron chi connectivity index (χ4n) is 3.66. The van der Waals surface area contributed by atoms with Crippen molar-refractivity contribution in [1.29, 1.82) is 0 Å². The summed E-state index contributed by atoms with van der Waals surface area (Å²) in [4.78, 5) is 28.5. The molecule has 0 aliphatic heterocycles. The summed E-state index contributed by atoms with van der Waals surface area (Å²) in [7, 11) is 0. The van der Waals surface area contributed by atoms with Crippen LogP contribution >= 0.6 is 0 Å². The lowest BCUT2D eigenvalue weighted by Crippen LogP contribution is -2.19. The van der Waals surface area contributed by atoms with E-state index in [2.05, 4.69) is 15.5 Å². The average molecular weight is 449 g/mol. The summed E-state index contributed by atoms with van der Waals surface area (Å²) < 4.78 is 10.5. The Balaban J connectivity index is 1.39. The number of esters is 1. The van der Waals surface area contributed by atoms with E-state index in [1.807, 2.05) is 54.6 Å². The van der Waals surface area contributed by atoms with Crippen molar-refractivity contribution < 1.29 is 18.7 Å². The van der Waals surface area contributed by atoms with E-state index in [1.165, 1.54) is 18.5 Å². The number of hydrogen-bond acceptors (Lipinski definition) is 5. The largest absolute Gasteiger partial charge is 0.457 e. The number of fused-ring (bicyclic) bond motifs is 1. The second-order valence-corrected chi connectivity index (χ2v) is 7.39. The number of carbonyl (C=O) groups is 2. The highest BCUT2D eigenvalue weighted by Crippen LogP contribution is 2.32. The average Bonchev–Trinajstić information content (AvgIpc) is 3.54. The summed E-state index contributed by atoms with van der Waals surface area (Å²) >= 11 is 0. The summed E-state index contributed by atoms with van der Waals surface area (Å²) in [6.07, 6.45) is 2.82. The highest BCUT2D eigenvalue weighted by atomic mass is 16.5. The number of hydrogen-bond donors (Lipinski definition) is 2. The topological polar surface area (TPSA) is 96.7 Å². The Labute approximate surface area is 194 Å². The van der Waals surface area contributed by atoms with Crippen molar-refractivity contribution in [3.05, 3.63) is 114 Å². The number of furan rings is 1. The number of aromatic nitrogens is 1. The number of nitrogens with one attached hydrogen (secondary N) is 2. The third kappa shape index (κ3) is 4.22. The fourth-order valence-corrected chi connectivity index (χ4v) is 3.66. The molecule has 0 spiro atoms.